The number of carbonyl (C=O) groups excluding carboxylic acids is 1. The molecule has 1 atom stereocenters. The van der Waals surface area contributed by atoms with E-state index in [2.05, 4.69) is 29.1 Å². The Morgan fingerprint density at radius 2 is 1.79 bits per heavy atom. The van der Waals surface area contributed by atoms with Crippen LogP contribution in [0.4, 0.5) is 0 Å². The molecule has 1 unspecified atom stereocenters. The molecule has 3 aromatic rings. The number of hydrogen-bond acceptors (Lipinski definition) is 2. The number of aromatic nitrogens is 2. The Balaban J connectivity index is 1.77. The molecule has 1 aromatic heterocycles. The summed E-state index contributed by atoms with van der Waals surface area (Å²) in [6.45, 7) is 4.30. The van der Waals surface area contributed by atoms with Crippen molar-refractivity contribution in [2.75, 3.05) is 0 Å². The second kappa shape index (κ2) is 7.30. The van der Waals surface area contributed by atoms with Crippen molar-refractivity contribution < 1.29 is 4.79 Å². The average molecular weight is 321 g/mol. The van der Waals surface area contributed by atoms with Crippen molar-refractivity contribution in [2.45, 2.75) is 32.7 Å². The first kappa shape index (κ1) is 16.2. The van der Waals surface area contributed by atoms with Crippen molar-refractivity contribution in [1.82, 2.24) is 15.3 Å². The highest BCUT2D eigenvalue weighted by atomic mass is 16.1. The van der Waals surface area contributed by atoms with Crippen molar-refractivity contribution in [3.63, 3.8) is 0 Å². The summed E-state index contributed by atoms with van der Waals surface area (Å²) in [4.78, 5) is 20.4. The van der Waals surface area contributed by atoms with E-state index >= 15 is 0 Å². The number of aromatic amines is 1. The average Bonchev–Trinajstić information content (AvgIpc) is 2.98. The van der Waals surface area contributed by atoms with Gasteiger partial charge in [-0.3, -0.25) is 4.79 Å². The van der Waals surface area contributed by atoms with Crippen LogP contribution in [0.2, 0.25) is 0 Å². The Morgan fingerprint density at radius 1 is 1.08 bits per heavy atom. The molecule has 0 fully saturated rings. The fourth-order valence-electron chi connectivity index (χ4n) is 2.87. The van der Waals surface area contributed by atoms with Gasteiger partial charge in [0.05, 0.1) is 23.5 Å². The molecule has 0 spiro atoms. The van der Waals surface area contributed by atoms with Crippen molar-refractivity contribution in [3.8, 4) is 0 Å². The van der Waals surface area contributed by atoms with Gasteiger partial charge in [0, 0.05) is 0 Å². The molecule has 4 nitrogen and oxygen atoms in total. The normalized spacial score (nSPS) is 12.5. The van der Waals surface area contributed by atoms with Crippen LogP contribution in [-0.4, -0.2) is 15.9 Å². The van der Waals surface area contributed by atoms with E-state index in [0.717, 1.165) is 28.8 Å². The summed E-state index contributed by atoms with van der Waals surface area (Å²) in [5, 5.41) is 3.14. The third-order valence-corrected chi connectivity index (χ3v) is 3.99. The molecule has 0 saturated heterocycles. The number of para-hydroxylation sites is 2. The SMILES string of the molecule is CC(C)CC(NC(=O)Cc1ccccc1)c1nc2ccccc2[nH]1. The third kappa shape index (κ3) is 4.02. The number of fused-ring (bicyclic) bond motifs is 1. The molecule has 0 aliphatic carbocycles. The van der Waals surface area contributed by atoms with Crippen molar-refractivity contribution in [1.29, 1.82) is 0 Å². The van der Waals surface area contributed by atoms with Crippen molar-refractivity contribution >= 4 is 16.9 Å². The van der Waals surface area contributed by atoms with Gasteiger partial charge in [-0.15, -0.1) is 0 Å². The van der Waals surface area contributed by atoms with Crippen molar-refractivity contribution in [2.24, 2.45) is 5.92 Å². The van der Waals surface area contributed by atoms with E-state index in [1.54, 1.807) is 0 Å². The zero-order valence-corrected chi connectivity index (χ0v) is 14.1. The fourth-order valence-corrected chi connectivity index (χ4v) is 2.87. The highest BCUT2D eigenvalue weighted by molar-refractivity contribution is 5.79. The molecule has 24 heavy (non-hydrogen) atoms. The number of amides is 1. The van der Waals surface area contributed by atoms with E-state index in [1.165, 1.54) is 0 Å². The lowest BCUT2D eigenvalue weighted by Gasteiger charge is -2.18. The van der Waals surface area contributed by atoms with Crippen LogP contribution in [-0.2, 0) is 11.2 Å². The van der Waals surface area contributed by atoms with E-state index in [-0.39, 0.29) is 11.9 Å². The Hall–Kier alpha value is -2.62. The molecule has 2 N–H and O–H groups in total. The maximum atomic E-state index is 12.4. The van der Waals surface area contributed by atoms with E-state index in [9.17, 15) is 4.79 Å². The monoisotopic (exact) mass is 321 g/mol. The topological polar surface area (TPSA) is 57.8 Å². The molecule has 0 saturated carbocycles. The van der Waals surface area contributed by atoms with Crippen LogP contribution >= 0.6 is 0 Å². The number of hydrogen-bond donors (Lipinski definition) is 2. The number of nitrogens with one attached hydrogen (secondary N) is 2. The van der Waals surface area contributed by atoms with Crippen LogP contribution in [0.5, 0.6) is 0 Å². The molecule has 0 aliphatic rings. The molecule has 124 valence electrons. The smallest absolute Gasteiger partial charge is 0.225 e. The molecule has 0 radical (unpaired) electrons. The summed E-state index contributed by atoms with van der Waals surface area (Å²) in [6, 6.07) is 17.6. The number of imidazole rings is 1. The van der Waals surface area contributed by atoms with Gasteiger partial charge in [-0.05, 0) is 30.0 Å². The molecule has 4 heteroatoms. The lowest BCUT2D eigenvalue weighted by molar-refractivity contribution is -0.121. The molecule has 1 heterocycles. The first-order valence-electron chi connectivity index (χ1n) is 8.40. The Bertz CT molecular complexity index is 775. The van der Waals surface area contributed by atoms with Gasteiger partial charge in [0.1, 0.15) is 5.82 Å². The standard InChI is InChI=1S/C20H23N3O/c1-14(2)12-18(20-22-16-10-6-7-11-17(16)23-20)21-19(24)13-15-8-4-3-5-9-15/h3-11,14,18H,12-13H2,1-2H3,(H,21,24)(H,22,23). The largest absolute Gasteiger partial charge is 0.346 e. The van der Waals surface area contributed by atoms with Gasteiger partial charge >= 0.3 is 0 Å². The van der Waals surface area contributed by atoms with Gasteiger partial charge in [-0.25, -0.2) is 4.98 Å². The van der Waals surface area contributed by atoms with Gasteiger partial charge in [-0.2, -0.15) is 0 Å². The molecule has 3 rings (SSSR count). The quantitative estimate of drug-likeness (QED) is 0.721. The maximum Gasteiger partial charge on any atom is 0.225 e. The Kier molecular flexibility index (Phi) is 4.94. The molecule has 2 aromatic carbocycles. The van der Waals surface area contributed by atoms with E-state index in [1.807, 2.05) is 54.6 Å². The van der Waals surface area contributed by atoms with Crippen LogP contribution in [0, 0.1) is 5.92 Å². The van der Waals surface area contributed by atoms with Gasteiger partial charge in [0.15, 0.2) is 0 Å². The molecular formula is C20H23N3O. The van der Waals surface area contributed by atoms with Gasteiger partial charge in [0.25, 0.3) is 0 Å². The Labute approximate surface area is 142 Å². The lowest BCUT2D eigenvalue weighted by Crippen LogP contribution is -2.31. The van der Waals surface area contributed by atoms with E-state index < -0.39 is 0 Å². The summed E-state index contributed by atoms with van der Waals surface area (Å²) < 4.78 is 0. The minimum Gasteiger partial charge on any atom is -0.346 e. The number of nitrogens with zero attached hydrogens (tertiary/aromatic N) is 1. The van der Waals surface area contributed by atoms with Crippen LogP contribution in [0.1, 0.15) is 37.7 Å². The fraction of sp³-hybridized carbons (Fsp3) is 0.300. The first-order chi connectivity index (χ1) is 11.6. The highest BCUT2D eigenvalue weighted by Gasteiger charge is 2.19. The predicted octanol–water partition coefficient (Wildman–Crippen LogP) is 4.01. The summed E-state index contributed by atoms with van der Waals surface area (Å²) in [6.07, 6.45) is 1.23. The minimum absolute atomic E-state index is 0.0207. The summed E-state index contributed by atoms with van der Waals surface area (Å²) in [7, 11) is 0. The molecule has 0 aliphatic heterocycles. The zero-order chi connectivity index (χ0) is 16.9. The van der Waals surface area contributed by atoms with Gasteiger partial charge in [0.2, 0.25) is 5.91 Å². The minimum atomic E-state index is -0.103. The first-order valence-corrected chi connectivity index (χ1v) is 8.40. The van der Waals surface area contributed by atoms with Gasteiger partial charge in [-0.1, -0.05) is 56.3 Å². The molecule has 0 bridgehead atoms. The second-order valence-electron chi connectivity index (χ2n) is 6.55. The van der Waals surface area contributed by atoms with Crippen LogP contribution in [0.15, 0.2) is 54.6 Å². The molecular weight excluding hydrogens is 298 g/mol. The Morgan fingerprint density at radius 3 is 2.50 bits per heavy atom. The van der Waals surface area contributed by atoms with Crippen LogP contribution < -0.4 is 5.32 Å². The number of benzene rings is 2. The summed E-state index contributed by atoms with van der Waals surface area (Å²) >= 11 is 0. The summed E-state index contributed by atoms with van der Waals surface area (Å²) in [5.41, 5.74) is 2.94. The van der Waals surface area contributed by atoms with E-state index in [0.29, 0.717) is 12.3 Å². The van der Waals surface area contributed by atoms with Crippen LogP contribution in [0.3, 0.4) is 0 Å². The van der Waals surface area contributed by atoms with Crippen molar-refractivity contribution in [3.05, 3.63) is 66.0 Å². The summed E-state index contributed by atoms with van der Waals surface area (Å²) in [5.74, 6) is 1.30. The maximum absolute atomic E-state index is 12.4. The molecule has 1 amide bonds. The van der Waals surface area contributed by atoms with Gasteiger partial charge < -0.3 is 10.3 Å². The highest BCUT2D eigenvalue weighted by Crippen LogP contribution is 2.22. The lowest BCUT2D eigenvalue weighted by atomic mass is 10.0. The third-order valence-electron chi connectivity index (χ3n) is 3.99. The second-order valence-corrected chi connectivity index (χ2v) is 6.55. The van der Waals surface area contributed by atoms with Crippen LogP contribution in [0.25, 0.3) is 11.0 Å². The number of rotatable bonds is 6. The number of carbonyl (C=O) groups is 1. The predicted molar refractivity (Wildman–Crippen MR) is 96.6 cm³/mol. The zero-order valence-electron chi connectivity index (χ0n) is 14.1. The number of H-pyrrole nitrogens is 1. The van der Waals surface area contributed by atoms with E-state index in [4.69, 9.17) is 0 Å².